The number of nitrogens with zero attached hydrogens (tertiary/aromatic N) is 3. The van der Waals surface area contributed by atoms with Gasteiger partial charge in [0.1, 0.15) is 5.54 Å². The third-order valence-electron chi connectivity index (χ3n) is 3.60. The Morgan fingerprint density at radius 2 is 2.24 bits per heavy atom. The summed E-state index contributed by atoms with van der Waals surface area (Å²) in [6, 6.07) is 9.45. The lowest BCUT2D eigenvalue weighted by Gasteiger charge is -2.27. The van der Waals surface area contributed by atoms with Crippen LogP contribution in [-0.4, -0.2) is 27.4 Å². The number of nitriles is 1. The predicted molar refractivity (Wildman–Crippen MR) is 102 cm³/mol. The minimum absolute atomic E-state index is 0.0153. The highest BCUT2D eigenvalue weighted by Gasteiger charge is 2.29. The van der Waals surface area contributed by atoms with Gasteiger partial charge >= 0.3 is 0 Å². The van der Waals surface area contributed by atoms with Crippen LogP contribution in [0.15, 0.2) is 28.6 Å². The van der Waals surface area contributed by atoms with Crippen LogP contribution in [0.1, 0.15) is 20.8 Å². The molecule has 1 heterocycles. The number of hydrogen-bond acceptors (Lipinski definition) is 7. The minimum Gasteiger partial charge on any atom is -0.337 e. The molecule has 0 unspecified atom stereocenters. The van der Waals surface area contributed by atoms with E-state index in [1.807, 2.05) is 26.0 Å². The van der Waals surface area contributed by atoms with Crippen molar-refractivity contribution in [2.45, 2.75) is 30.6 Å². The van der Waals surface area contributed by atoms with Crippen LogP contribution in [0.3, 0.4) is 0 Å². The lowest BCUT2D eigenvalue weighted by Crippen LogP contribution is -2.49. The monoisotopic (exact) mass is 395 g/mol. The zero-order valence-electron chi connectivity index (χ0n) is 14.0. The normalized spacial score (nSPS) is 13.1. The maximum atomic E-state index is 12.1. The highest BCUT2D eigenvalue weighted by molar-refractivity contribution is 8.01. The lowest BCUT2D eigenvalue weighted by molar-refractivity contribution is -0.120. The van der Waals surface area contributed by atoms with Gasteiger partial charge in [0, 0.05) is 10.7 Å². The number of carbonyl (C=O) groups excluding carboxylic acids is 1. The fourth-order valence-electron chi connectivity index (χ4n) is 1.76. The fraction of sp³-hybridized carbons (Fsp3) is 0.375. The lowest BCUT2D eigenvalue weighted by atomic mass is 9.90. The average molecular weight is 396 g/mol. The van der Waals surface area contributed by atoms with Crippen molar-refractivity contribution in [1.29, 1.82) is 5.26 Å². The smallest absolute Gasteiger partial charge is 0.231 e. The van der Waals surface area contributed by atoms with E-state index in [4.69, 9.17) is 11.6 Å². The molecule has 1 aromatic heterocycles. The number of halogens is 1. The van der Waals surface area contributed by atoms with Crippen LogP contribution >= 0.6 is 34.7 Å². The number of aromatic nitrogens is 2. The van der Waals surface area contributed by atoms with E-state index >= 15 is 0 Å². The van der Waals surface area contributed by atoms with Crippen molar-refractivity contribution in [3.63, 3.8) is 0 Å². The SMILES string of the molecule is CC(C)[C@](C)(C#N)NC(=O)CSc1nnc(Nc2cccc(Cl)c2)s1. The first kappa shape index (κ1) is 19.5. The number of benzene rings is 1. The summed E-state index contributed by atoms with van der Waals surface area (Å²) in [6.45, 7) is 5.52. The van der Waals surface area contributed by atoms with Gasteiger partial charge in [0.2, 0.25) is 11.0 Å². The first-order chi connectivity index (χ1) is 11.8. The summed E-state index contributed by atoms with van der Waals surface area (Å²) in [5.41, 5.74) is -0.0578. The molecule has 25 heavy (non-hydrogen) atoms. The molecule has 1 atom stereocenters. The molecule has 0 spiro atoms. The van der Waals surface area contributed by atoms with Crippen molar-refractivity contribution in [3.8, 4) is 6.07 Å². The van der Waals surface area contributed by atoms with Gasteiger partial charge in [-0.25, -0.2) is 0 Å². The Hall–Kier alpha value is -1.82. The molecule has 132 valence electrons. The van der Waals surface area contributed by atoms with Gasteiger partial charge in [-0.05, 0) is 31.0 Å². The molecular formula is C16H18ClN5OS2. The van der Waals surface area contributed by atoms with E-state index in [0.29, 0.717) is 14.5 Å². The molecule has 0 aliphatic rings. The summed E-state index contributed by atoms with van der Waals surface area (Å²) >= 11 is 8.57. The highest BCUT2D eigenvalue weighted by atomic mass is 35.5. The molecule has 6 nitrogen and oxygen atoms in total. The van der Waals surface area contributed by atoms with E-state index in [1.54, 1.807) is 19.1 Å². The van der Waals surface area contributed by atoms with Gasteiger partial charge in [-0.3, -0.25) is 4.79 Å². The molecule has 1 amide bonds. The molecule has 1 aromatic carbocycles. The van der Waals surface area contributed by atoms with E-state index < -0.39 is 5.54 Å². The molecule has 0 fully saturated rings. The van der Waals surface area contributed by atoms with E-state index in [9.17, 15) is 10.1 Å². The predicted octanol–water partition coefficient (Wildman–Crippen LogP) is 4.08. The van der Waals surface area contributed by atoms with Gasteiger partial charge < -0.3 is 10.6 Å². The summed E-state index contributed by atoms with van der Waals surface area (Å²) in [6.07, 6.45) is 0. The second kappa shape index (κ2) is 8.52. The molecule has 2 N–H and O–H groups in total. The minimum atomic E-state index is -0.877. The number of carbonyl (C=O) groups is 1. The van der Waals surface area contributed by atoms with Gasteiger partial charge in [-0.15, -0.1) is 10.2 Å². The molecule has 2 aromatic rings. The fourth-order valence-corrected chi connectivity index (χ4v) is 3.53. The van der Waals surface area contributed by atoms with Gasteiger partial charge in [-0.1, -0.05) is 54.6 Å². The van der Waals surface area contributed by atoms with E-state index in [1.165, 1.54) is 23.1 Å². The van der Waals surface area contributed by atoms with Crippen molar-refractivity contribution < 1.29 is 4.79 Å². The van der Waals surface area contributed by atoms with Crippen LogP contribution in [0.25, 0.3) is 0 Å². The maximum Gasteiger partial charge on any atom is 0.231 e. The third-order valence-corrected chi connectivity index (χ3v) is 5.80. The van der Waals surface area contributed by atoms with Gasteiger partial charge in [-0.2, -0.15) is 5.26 Å². The molecule has 0 aliphatic carbocycles. The Balaban J connectivity index is 1.89. The standard InChI is InChI=1S/C16H18ClN5OS2/c1-10(2)16(3,9-18)20-13(23)8-24-15-22-21-14(25-15)19-12-6-4-5-11(17)7-12/h4-7,10H,8H2,1-3H3,(H,19,21)(H,20,23)/t16-/m0/s1. The molecule has 2 rings (SSSR count). The molecule has 0 aliphatic heterocycles. The van der Waals surface area contributed by atoms with E-state index in [2.05, 4.69) is 26.9 Å². The van der Waals surface area contributed by atoms with Crippen molar-refractivity contribution in [1.82, 2.24) is 15.5 Å². The molecule has 0 saturated heterocycles. The quantitative estimate of drug-likeness (QED) is 0.686. The van der Waals surface area contributed by atoms with Crippen molar-refractivity contribution >= 4 is 51.4 Å². The van der Waals surface area contributed by atoms with Crippen LogP contribution < -0.4 is 10.6 Å². The zero-order valence-corrected chi connectivity index (χ0v) is 16.4. The van der Waals surface area contributed by atoms with Crippen LogP contribution in [-0.2, 0) is 4.79 Å². The van der Waals surface area contributed by atoms with Gasteiger partial charge in [0.05, 0.1) is 11.8 Å². The summed E-state index contributed by atoms with van der Waals surface area (Å²) in [4.78, 5) is 12.1. The largest absolute Gasteiger partial charge is 0.337 e. The van der Waals surface area contributed by atoms with Crippen LogP contribution in [0, 0.1) is 17.2 Å². The van der Waals surface area contributed by atoms with E-state index in [-0.39, 0.29) is 17.6 Å². The number of anilines is 2. The Morgan fingerprint density at radius 1 is 1.48 bits per heavy atom. The Bertz CT molecular complexity index is 789. The van der Waals surface area contributed by atoms with Crippen molar-refractivity contribution in [2.24, 2.45) is 5.92 Å². The van der Waals surface area contributed by atoms with Crippen LogP contribution in [0.4, 0.5) is 10.8 Å². The first-order valence-corrected chi connectivity index (χ1v) is 9.71. The summed E-state index contributed by atoms with van der Waals surface area (Å²) in [5, 5.41) is 24.5. The average Bonchev–Trinajstić information content (AvgIpc) is 3.00. The maximum absolute atomic E-state index is 12.1. The number of rotatable bonds is 7. The van der Waals surface area contributed by atoms with E-state index in [0.717, 1.165) is 5.69 Å². The molecule has 0 radical (unpaired) electrons. The van der Waals surface area contributed by atoms with Crippen molar-refractivity contribution in [3.05, 3.63) is 29.3 Å². The zero-order chi connectivity index (χ0) is 18.4. The van der Waals surface area contributed by atoms with Crippen LogP contribution in [0.5, 0.6) is 0 Å². The van der Waals surface area contributed by atoms with Gasteiger partial charge in [0.25, 0.3) is 0 Å². The molecule has 0 saturated carbocycles. The number of amides is 1. The second-order valence-electron chi connectivity index (χ2n) is 5.81. The van der Waals surface area contributed by atoms with Crippen molar-refractivity contribution in [2.75, 3.05) is 11.1 Å². The highest BCUT2D eigenvalue weighted by Crippen LogP contribution is 2.28. The third kappa shape index (κ3) is 5.59. The number of hydrogen-bond donors (Lipinski definition) is 2. The Morgan fingerprint density at radius 3 is 2.88 bits per heavy atom. The number of thioether (sulfide) groups is 1. The molecule has 0 bridgehead atoms. The Kier molecular flexibility index (Phi) is 6.64. The summed E-state index contributed by atoms with van der Waals surface area (Å²) < 4.78 is 0.669. The molecular weight excluding hydrogens is 378 g/mol. The van der Waals surface area contributed by atoms with Crippen LogP contribution in [0.2, 0.25) is 5.02 Å². The molecule has 9 heteroatoms. The van der Waals surface area contributed by atoms with Gasteiger partial charge in [0.15, 0.2) is 4.34 Å². The summed E-state index contributed by atoms with van der Waals surface area (Å²) in [5.74, 6) is -0.0146. The first-order valence-electron chi connectivity index (χ1n) is 7.53. The second-order valence-corrected chi connectivity index (χ2v) is 8.45. The Labute approximate surface area is 160 Å². The number of nitrogens with one attached hydrogen (secondary N) is 2. The topological polar surface area (TPSA) is 90.7 Å². The summed E-state index contributed by atoms with van der Waals surface area (Å²) in [7, 11) is 0.